The molecule has 0 aromatic carbocycles. The maximum absolute atomic E-state index is 12.3. The first-order valence-electron chi connectivity index (χ1n) is 6.06. The number of aliphatic imine (C=N–C) groups is 1. The first-order valence-corrected chi connectivity index (χ1v) is 6.06. The average molecular weight is 250 g/mol. The summed E-state index contributed by atoms with van der Waals surface area (Å²) in [7, 11) is 1.59. The molecule has 0 radical (unpaired) electrons. The van der Waals surface area contributed by atoms with E-state index in [1.165, 1.54) is 0 Å². The molecule has 0 spiro atoms. The van der Waals surface area contributed by atoms with Crippen LogP contribution in [0.1, 0.15) is 6.92 Å². The summed E-state index contributed by atoms with van der Waals surface area (Å²) in [6, 6.07) is 0. The highest BCUT2D eigenvalue weighted by molar-refractivity contribution is 6.02. The van der Waals surface area contributed by atoms with Gasteiger partial charge in [-0.3, -0.25) is 9.79 Å². The molecule has 98 valence electrons. The fourth-order valence-corrected chi connectivity index (χ4v) is 1.97. The van der Waals surface area contributed by atoms with Gasteiger partial charge >= 0.3 is 0 Å². The predicted molar refractivity (Wildman–Crippen MR) is 68.6 cm³/mol. The lowest BCUT2D eigenvalue weighted by Gasteiger charge is -2.27. The van der Waals surface area contributed by atoms with Gasteiger partial charge in [0.2, 0.25) is 0 Å². The zero-order valence-corrected chi connectivity index (χ0v) is 10.8. The number of rotatable bonds is 2. The first-order chi connectivity index (χ1) is 8.72. The molecule has 0 saturated carbocycles. The average Bonchev–Trinajstić information content (AvgIpc) is 2.60. The van der Waals surface area contributed by atoms with E-state index < -0.39 is 0 Å². The van der Waals surface area contributed by atoms with Gasteiger partial charge in [0, 0.05) is 18.7 Å². The number of hydrogen-bond acceptors (Lipinski definition) is 4. The quantitative estimate of drug-likeness (QED) is 0.727. The van der Waals surface area contributed by atoms with E-state index >= 15 is 0 Å². The number of amides is 1. The molecule has 2 aliphatic heterocycles. The van der Waals surface area contributed by atoms with Crippen LogP contribution in [0.5, 0.6) is 0 Å². The predicted octanol–water partition coefficient (Wildman–Crippen LogP) is 0.776. The van der Waals surface area contributed by atoms with Crippen molar-refractivity contribution < 1.29 is 14.3 Å². The molecule has 0 bridgehead atoms. The van der Waals surface area contributed by atoms with Gasteiger partial charge in [0.1, 0.15) is 5.76 Å². The fraction of sp³-hybridized carbons (Fsp3) is 0.538. The van der Waals surface area contributed by atoms with Crippen LogP contribution in [0.15, 0.2) is 28.5 Å². The summed E-state index contributed by atoms with van der Waals surface area (Å²) >= 11 is 0. The van der Waals surface area contributed by atoms with Crippen molar-refractivity contribution in [2.24, 2.45) is 4.99 Å². The summed E-state index contributed by atoms with van der Waals surface area (Å²) < 4.78 is 10.5. The van der Waals surface area contributed by atoms with Crippen LogP contribution in [0.25, 0.3) is 0 Å². The molecule has 5 nitrogen and oxygen atoms in total. The highest BCUT2D eigenvalue weighted by Gasteiger charge is 2.21. The van der Waals surface area contributed by atoms with Crippen molar-refractivity contribution in [2.75, 3.05) is 40.0 Å². The van der Waals surface area contributed by atoms with Crippen molar-refractivity contribution in [3.63, 3.8) is 0 Å². The highest BCUT2D eigenvalue weighted by atomic mass is 16.5. The van der Waals surface area contributed by atoms with Gasteiger partial charge < -0.3 is 14.4 Å². The molecule has 0 aromatic rings. The van der Waals surface area contributed by atoms with Crippen LogP contribution in [-0.4, -0.2) is 56.5 Å². The second-order valence-corrected chi connectivity index (χ2v) is 4.20. The van der Waals surface area contributed by atoms with Gasteiger partial charge in [0.05, 0.1) is 32.6 Å². The van der Waals surface area contributed by atoms with E-state index in [2.05, 4.69) is 4.99 Å². The third-order valence-electron chi connectivity index (χ3n) is 3.05. The number of carbonyl (C=O) groups excluding carboxylic acids is 1. The summed E-state index contributed by atoms with van der Waals surface area (Å²) in [6.07, 6.45) is 3.61. The number of morpholine rings is 1. The lowest BCUT2D eigenvalue weighted by molar-refractivity contribution is -0.130. The molecule has 18 heavy (non-hydrogen) atoms. The Morgan fingerprint density at radius 2 is 2.17 bits per heavy atom. The first kappa shape index (κ1) is 12.8. The van der Waals surface area contributed by atoms with Gasteiger partial charge in [-0.2, -0.15) is 0 Å². The van der Waals surface area contributed by atoms with Crippen molar-refractivity contribution >= 4 is 11.6 Å². The Morgan fingerprint density at radius 1 is 1.44 bits per heavy atom. The standard InChI is InChI=1S/C13H18N2O3/c1-10-12(17-2)9-11(3-4-14-10)13(16)15-5-7-18-8-6-15/h3,9H,4-8H2,1-2H3. The molecule has 2 heterocycles. The molecule has 5 heteroatoms. The Morgan fingerprint density at radius 3 is 2.83 bits per heavy atom. The summed E-state index contributed by atoms with van der Waals surface area (Å²) in [5.74, 6) is 0.679. The van der Waals surface area contributed by atoms with Gasteiger partial charge in [-0.1, -0.05) is 6.08 Å². The van der Waals surface area contributed by atoms with Crippen LogP contribution in [0, 0.1) is 0 Å². The zero-order chi connectivity index (χ0) is 13.0. The van der Waals surface area contributed by atoms with Gasteiger partial charge in [-0.05, 0) is 13.0 Å². The maximum Gasteiger partial charge on any atom is 0.253 e. The van der Waals surface area contributed by atoms with E-state index in [-0.39, 0.29) is 5.91 Å². The minimum Gasteiger partial charge on any atom is -0.495 e. The second kappa shape index (κ2) is 5.82. The molecule has 0 aliphatic carbocycles. The Balaban J connectivity index is 2.15. The number of carbonyl (C=O) groups is 1. The van der Waals surface area contributed by atoms with Gasteiger partial charge in [-0.25, -0.2) is 0 Å². The van der Waals surface area contributed by atoms with Gasteiger partial charge in [-0.15, -0.1) is 0 Å². The number of allylic oxidation sites excluding steroid dienone is 1. The van der Waals surface area contributed by atoms with E-state index in [4.69, 9.17) is 9.47 Å². The third kappa shape index (κ3) is 2.79. The molecule has 0 unspecified atom stereocenters. The number of methoxy groups -OCH3 is 1. The Labute approximate surface area is 107 Å². The van der Waals surface area contributed by atoms with E-state index in [0.717, 1.165) is 5.71 Å². The summed E-state index contributed by atoms with van der Waals surface area (Å²) in [6.45, 7) is 4.90. The summed E-state index contributed by atoms with van der Waals surface area (Å²) in [5, 5.41) is 0. The Bertz CT molecular complexity index is 418. The van der Waals surface area contributed by atoms with Crippen LogP contribution < -0.4 is 0 Å². The van der Waals surface area contributed by atoms with E-state index in [9.17, 15) is 4.79 Å². The largest absolute Gasteiger partial charge is 0.495 e. The Kier molecular flexibility index (Phi) is 4.15. The van der Waals surface area contributed by atoms with E-state index in [0.29, 0.717) is 44.2 Å². The van der Waals surface area contributed by atoms with Crippen molar-refractivity contribution in [2.45, 2.75) is 6.92 Å². The molecular weight excluding hydrogens is 232 g/mol. The normalized spacial score (nSPS) is 20.6. The molecule has 2 rings (SSSR count). The van der Waals surface area contributed by atoms with Crippen molar-refractivity contribution in [1.82, 2.24) is 4.90 Å². The van der Waals surface area contributed by atoms with Crippen LogP contribution in [0.4, 0.5) is 0 Å². The topological polar surface area (TPSA) is 51.1 Å². The molecule has 0 atom stereocenters. The third-order valence-corrected chi connectivity index (χ3v) is 3.05. The minimum absolute atomic E-state index is 0.0257. The zero-order valence-electron chi connectivity index (χ0n) is 10.8. The van der Waals surface area contributed by atoms with Crippen LogP contribution >= 0.6 is 0 Å². The van der Waals surface area contributed by atoms with Crippen molar-refractivity contribution in [3.05, 3.63) is 23.5 Å². The summed E-state index contributed by atoms with van der Waals surface area (Å²) in [5.41, 5.74) is 1.47. The van der Waals surface area contributed by atoms with Crippen molar-refractivity contribution in [3.8, 4) is 0 Å². The van der Waals surface area contributed by atoms with Crippen LogP contribution in [-0.2, 0) is 14.3 Å². The summed E-state index contributed by atoms with van der Waals surface area (Å²) in [4.78, 5) is 18.4. The lowest BCUT2D eigenvalue weighted by atomic mass is 10.1. The molecule has 1 amide bonds. The van der Waals surface area contributed by atoms with Crippen molar-refractivity contribution in [1.29, 1.82) is 0 Å². The monoisotopic (exact) mass is 250 g/mol. The minimum atomic E-state index is 0.0257. The van der Waals surface area contributed by atoms with Gasteiger partial charge in [0.25, 0.3) is 5.91 Å². The fourth-order valence-electron chi connectivity index (χ4n) is 1.97. The molecule has 1 fully saturated rings. The molecule has 0 aromatic heterocycles. The molecule has 0 N–H and O–H groups in total. The molecule has 2 aliphatic rings. The van der Waals surface area contributed by atoms with E-state index in [1.54, 1.807) is 18.1 Å². The maximum atomic E-state index is 12.3. The number of ether oxygens (including phenoxy) is 2. The molecule has 1 saturated heterocycles. The van der Waals surface area contributed by atoms with E-state index in [1.807, 2.05) is 13.0 Å². The van der Waals surface area contributed by atoms with Crippen LogP contribution in [0.2, 0.25) is 0 Å². The second-order valence-electron chi connectivity index (χ2n) is 4.20. The lowest BCUT2D eigenvalue weighted by Crippen LogP contribution is -2.41. The SMILES string of the molecule is COC1=CC(C(=O)N2CCOCC2)=CCN=C1C. The highest BCUT2D eigenvalue weighted by Crippen LogP contribution is 2.14. The number of hydrogen-bond donors (Lipinski definition) is 0. The van der Waals surface area contributed by atoms with Gasteiger partial charge in [0.15, 0.2) is 0 Å². The Hall–Kier alpha value is -1.62. The smallest absolute Gasteiger partial charge is 0.253 e. The van der Waals surface area contributed by atoms with Crippen LogP contribution in [0.3, 0.4) is 0 Å². The number of nitrogens with zero attached hydrogens (tertiary/aromatic N) is 2. The molecular formula is C13H18N2O3.